The molecule has 3 saturated carbocycles. The van der Waals surface area contributed by atoms with Gasteiger partial charge in [0, 0.05) is 18.9 Å². The zero-order valence-corrected chi connectivity index (χ0v) is 32.0. The standard InChI is InChI=1S/C38H45N7O8S2/c46-33-30-21-26(52-34-32(31-16-10-20-54-31)39-28-14-7-8-15-29(28)40-34)23-44(30)37(49)45(42-36(48)53-25-12-5-6-13-25)19-9-3-1-2-4-11-24-22-38(24,41-33)35(47)43-55(50,51)27-17-18-27/h4,7-8,10-11,14-16,20,24-27,30H,1-3,5-6,9,12-13,17-19,21-23H2,(H,41,46)(H,42,48)(H,43,47)/b11-4-/t24-,26-,30+,38+/m1/s1. The predicted octanol–water partition coefficient (Wildman–Crippen LogP) is 4.80. The van der Waals surface area contributed by atoms with Crippen molar-refractivity contribution >= 4 is 56.3 Å². The lowest BCUT2D eigenvalue weighted by Gasteiger charge is -2.32. The number of carbonyl (C=O) groups is 4. The Morgan fingerprint density at radius 1 is 0.945 bits per heavy atom. The predicted molar refractivity (Wildman–Crippen MR) is 203 cm³/mol. The van der Waals surface area contributed by atoms with Crippen LogP contribution in [0.25, 0.3) is 21.6 Å². The smallest absolute Gasteiger partial charge is 0.426 e. The van der Waals surface area contributed by atoms with Crippen molar-refractivity contribution in [1.29, 1.82) is 0 Å². The number of urea groups is 1. The fraction of sp³-hybridized carbons (Fsp3) is 0.526. The number of thiophene rings is 1. The molecule has 15 nitrogen and oxygen atoms in total. The number of nitrogens with zero attached hydrogens (tertiary/aromatic N) is 4. The van der Waals surface area contributed by atoms with Crippen LogP contribution in [-0.2, 0) is 24.3 Å². The van der Waals surface area contributed by atoms with E-state index in [2.05, 4.69) is 15.5 Å². The molecule has 5 amide bonds. The Hall–Kier alpha value is -4.77. The maximum absolute atomic E-state index is 14.5. The van der Waals surface area contributed by atoms with Crippen molar-refractivity contribution in [3.8, 4) is 16.5 Å². The average Bonchev–Trinajstić information content (AvgIpc) is 3.90. The fourth-order valence-corrected chi connectivity index (χ4v) is 9.79. The van der Waals surface area contributed by atoms with E-state index in [0.717, 1.165) is 43.4 Å². The topological polar surface area (TPSA) is 189 Å². The third-order valence-corrected chi connectivity index (χ3v) is 13.7. The molecule has 4 fully saturated rings. The second-order valence-corrected chi connectivity index (χ2v) is 18.0. The molecule has 0 spiro atoms. The number of fused-ring (bicyclic) bond motifs is 3. The quantitative estimate of drug-likeness (QED) is 0.268. The molecule has 0 radical (unpaired) electrons. The summed E-state index contributed by atoms with van der Waals surface area (Å²) in [7, 11) is -3.90. The first-order valence-electron chi connectivity index (χ1n) is 19.2. The van der Waals surface area contributed by atoms with E-state index in [1.165, 1.54) is 21.2 Å². The number of para-hydroxylation sites is 2. The van der Waals surface area contributed by atoms with Crippen molar-refractivity contribution in [2.75, 3.05) is 13.1 Å². The van der Waals surface area contributed by atoms with Crippen LogP contribution in [0, 0.1) is 5.92 Å². The van der Waals surface area contributed by atoms with Crippen LogP contribution in [0.4, 0.5) is 9.59 Å². The van der Waals surface area contributed by atoms with Crippen molar-refractivity contribution in [2.45, 2.75) is 106 Å². The molecule has 2 aliphatic heterocycles. The van der Waals surface area contributed by atoms with Crippen LogP contribution in [0.3, 0.4) is 0 Å². The molecule has 4 atom stereocenters. The van der Waals surface area contributed by atoms with Gasteiger partial charge in [-0.05, 0) is 87.8 Å². The van der Waals surface area contributed by atoms with Crippen LogP contribution in [0.15, 0.2) is 53.9 Å². The van der Waals surface area contributed by atoms with Gasteiger partial charge >= 0.3 is 12.1 Å². The lowest BCUT2D eigenvalue weighted by Crippen LogP contribution is -2.59. The highest BCUT2D eigenvalue weighted by molar-refractivity contribution is 7.91. The van der Waals surface area contributed by atoms with E-state index >= 15 is 0 Å². The van der Waals surface area contributed by atoms with E-state index in [-0.39, 0.29) is 37.9 Å². The van der Waals surface area contributed by atoms with E-state index in [9.17, 15) is 27.6 Å². The minimum Gasteiger partial charge on any atom is -0.471 e. The Balaban J connectivity index is 1.10. The first-order valence-corrected chi connectivity index (χ1v) is 21.6. The molecule has 3 N–H and O–H groups in total. The number of aromatic nitrogens is 2. The lowest BCUT2D eigenvalue weighted by molar-refractivity contribution is -0.131. The first-order chi connectivity index (χ1) is 26.6. The van der Waals surface area contributed by atoms with Crippen molar-refractivity contribution in [3.63, 3.8) is 0 Å². The monoisotopic (exact) mass is 791 g/mol. The van der Waals surface area contributed by atoms with Crippen LogP contribution >= 0.6 is 11.3 Å². The molecular weight excluding hydrogens is 747 g/mol. The van der Waals surface area contributed by atoms with Crippen molar-refractivity contribution in [3.05, 3.63) is 53.9 Å². The van der Waals surface area contributed by atoms with E-state index in [1.54, 1.807) is 0 Å². The zero-order valence-electron chi connectivity index (χ0n) is 30.4. The molecule has 55 heavy (non-hydrogen) atoms. The summed E-state index contributed by atoms with van der Waals surface area (Å²) in [5.41, 5.74) is 2.95. The van der Waals surface area contributed by atoms with Crippen molar-refractivity contribution in [1.82, 2.24) is 35.3 Å². The number of allylic oxidation sites excluding steroid dienone is 1. The van der Waals surface area contributed by atoms with Crippen molar-refractivity contribution in [2.24, 2.45) is 5.92 Å². The van der Waals surface area contributed by atoms with E-state index in [0.29, 0.717) is 42.4 Å². The number of nitrogens with one attached hydrogen (secondary N) is 3. The van der Waals surface area contributed by atoms with Gasteiger partial charge in [-0.25, -0.2) is 38.4 Å². The lowest BCUT2D eigenvalue weighted by atomic mass is 10.1. The summed E-state index contributed by atoms with van der Waals surface area (Å²) in [6, 6.07) is 9.44. The molecule has 8 rings (SSSR count). The molecule has 292 valence electrons. The number of hydrazine groups is 1. The van der Waals surface area contributed by atoms with Crippen LogP contribution < -0.4 is 20.2 Å². The number of sulfonamides is 1. The van der Waals surface area contributed by atoms with Crippen LogP contribution in [0.1, 0.15) is 77.0 Å². The third-order valence-electron chi connectivity index (χ3n) is 11.0. The number of carbonyl (C=O) groups excluding carboxylic acids is 4. The van der Waals surface area contributed by atoms with Gasteiger partial charge in [0.15, 0.2) is 0 Å². The third kappa shape index (κ3) is 8.13. The highest BCUT2D eigenvalue weighted by Gasteiger charge is 2.62. The Labute approximate surface area is 323 Å². The molecule has 1 saturated heterocycles. The second-order valence-electron chi connectivity index (χ2n) is 15.1. The summed E-state index contributed by atoms with van der Waals surface area (Å²) < 4.78 is 40.2. The largest absolute Gasteiger partial charge is 0.471 e. The van der Waals surface area contributed by atoms with Gasteiger partial charge in [-0.2, -0.15) is 0 Å². The summed E-state index contributed by atoms with van der Waals surface area (Å²) in [5.74, 6) is -1.62. The summed E-state index contributed by atoms with van der Waals surface area (Å²) in [5, 5.41) is 5.38. The fourth-order valence-electron chi connectivity index (χ4n) is 7.73. The zero-order chi connectivity index (χ0) is 38.2. The molecule has 3 aromatic rings. The molecule has 0 unspecified atom stereocenters. The Morgan fingerprint density at radius 2 is 1.73 bits per heavy atom. The van der Waals surface area contributed by atoms with Gasteiger partial charge in [0.1, 0.15) is 29.5 Å². The first kappa shape index (κ1) is 37.2. The normalized spacial score (nSPS) is 26.9. The van der Waals surface area contributed by atoms with E-state index in [4.69, 9.17) is 19.4 Å². The molecular formula is C38H45N7O8S2. The summed E-state index contributed by atoms with van der Waals surface area (Å²) >= 11 is 1.47. The maximum Gasteiger partial charge on any atom is 0.426 e. The van der Waals surface area contributed by atoms with E-state index in [1.807, 2.05) is 53.9 Å². The van der Waals surface area contributed by atoms with Crippen LogP contribution in [0.2, 0.25) is 0 Å². The van der Waals surface area contributed by atoms with Gasteiger partial charge in [0.2, 0.25) is 21.8 Å². The van der Waals surface area contributed by atoms with Gasteiger partial charge < -0.3 is 19.7 Å². The number of benzene rings is 1. The highest BCUT2D eigenvalue weighted by Crippen LogP contribution is 2.46. The van der Waals surface area contributed by atoms with Gasteiger partial charge in [-0.3, -0.25) is 14.3 Å². The van der Waals surface area contributed by atoms with Gasteiger partial charge in [-0.1, -0.05) is 36.8 Å². The maximum atomic E-state index is 14.5. The van der Waals surface area contributed by atoms with Gasteiger partial charge in [-0.15, -0.1) is 11.3 Å². The molecule has 0 bridgehead atoms. The molecule has 2 aromatic heterocycles. The van der Waals surface area contributed by atoms with Crippen LogP contribution in [-0.4, -0.2) is 94.4 Å². The second kappa shape index (κ2) is 15.4. The minimum atomic E-state index is -3.90. The highest BCUT2D eigenvalue weighted by atomic mass is 32.2. The van der Waals surface area contributed by atoms with Gasteiger partial charge in [0.25, 0.3) is 5.91 Å². The molecule has 5 aliphatic rings. The Kier molecular flexibility index (Phi) is 10.4. The van der Waals surface area contributed by atoms with Crippen molar-refractivity contribution < 1.29 is 37.1 Å². The SMILES string of the molecule is O=C(NN1CCCCC/C=C\[C@@H]2C[C@]2(C(=O)NS(=O)(=O)C2CC2)NC(=O)[C@@H]2C[C@@H](Oc3nc4ccccc4nc3-c3cccs3)CN2C1=O)OC1CCCC1. The molecule has 4 heterocycles. The summed E-state index contributed by atoms with van der Waals surface area (Å²) in [6.45, 7) is 0.120. The van der Waals surface area contributed by atoms with Crippen LogP contribution in [0.5, 0.6) is 5.88 Å². The number of rotatable bonds is 8. The Bertz CT molecular complexity index is 2090. The summed E-state index contributed by atoms with van der Waals surface area (Å²) in [6.07, 6.45) is 9.48. The van der Waals surface area contributed by atoms with E-state index < -0.39 is 62.8 Å². The summed E-state index contributed by atoms with van der Waals surface area (Å²) in [4.78, 5) is 67.7. The number of ether oxygens (including phenoxy) is 2. The number of amides is 5. The molecule has 17 heteroatoms. The van der Waals surface area contributed by atoms with Gasteiger partial charge in [0.05, 0.1) is 27.7 Å². The minimum absolute atomic E-state index is 0.0227. The number of hydrogen-bond donors (Lipinski definition) is 3. The Morgan fingerprint density at radius 3 is 2.47 bits per heavy atom. The molecule has 1 aromatic carbocycles. The molecule has 3 aliphatic carbocycles. The average molecular weight is 792 g/mol. The number of hydrogen-bond acceptors (Lipinski definition) is 11.